The zero-order chi connectivity index (χ0) is 15.9. The zero-order valence-electron chi connectivity index (χ0n) is 14.3. The largest absolute Gasteiger partial charge is 0.490 e. The van der Waals surface area contributed by atoms with Crippen LogP contribution in [-0.4, -0.2) is 13.2 Å². The van der Waals surface area contributed by atoms with Crippen LogP contribution in [0.15, 0.2) is 36.4 Å². The predicted octanol–water partition coefficient (Wildman–Crippen LogP) is 5.69. The molecule has 0 amide bonds. The highest BCUT2D eigenvalue weighted by Crippen LogP contribution is 2.33. The van der Waals surface area contributed by atoms with E-state index >= 15 is 0 Å². The van der Waals surface area contributed by atoms with Crippen molar-refractivity contribution in [1.29, 1.82) is 0 Å². The van der Waals surface area contributed by atoms with Gasteiger partial charge in [0.1, 0.15) is 0 Å². The molecule has 0 unspecified atom stereocenters. The summed E-state index contributed by atoms with van der Waals surface area (Å²) in [5.74, 6) is 3.02. The Morgan fingerprint density at radius 1 is 0.727 bits per heavy atom. The monoisotopic (exact) mass is 300 g/mol. The summed E-state index contributed by atoms with van der Waals surface area (Å²) >= 11 is 0. The Morgan fingerprint density at radius 3 is 1.50 bits per heavy atom. The van der Waals surface area contributed by atoms with E-state index in [-0.39, 0.29) is 0 Å². The lowest BCUT2D eigenvalue weighted by molar-refractivity contribution is 0.247. The van der Waals surface area contributed by atoms with Crippen LogP contribution in [0.4, 0.5) is 0 Å². The summed E-state index contributed by atoms with van der Waals surface area (Å²) in [5, 5.41) is 2.39. The fourth-order valence-electron chi connectivity index (χ4n) is 2.23. The van der Waals surface area contributed by atoms with E-state index in [2.05, 4.69) is 64.1 Å². The van der Waals surface area contributed by atoms with Crippen molar-refractivity contribution in [2.24, 2.45) is 11.8 Å². The average molecular weight is 300 g/mol. The molecule has 0 atom stereocenters. The fraction of sp³-hybridized carbons (Fsp3) is 0.500. The molecule has 0 spiro atoms. The molecule has 0 aliphatic carbocycles. The van der Waals surface area contributed by atoms with Crippen LogP contribution in [0.1, 0.15) is 40.5 Å². The summed E-state index contributed by atoms with van der Waals surface area (Å²) < 4.78 is 12.0. The summed E-state index contributed by atoms with van der Waals surface area (Å²) in [6, 6.07) is 12.5. The maximum absolute atomic E-state index is 5.99. The second-order valence-corrected chi connectivity index (χ2v) is 6.71. The normalized spacial score (nSPS) is 11.4. The molecule has 0 fully saturated rings. The highest BCUT2D eigenvalue weighted by Gasteiger charge is 2.09. The van der Waals surface area contributed by atoms with Gasteiger partial charge in [0.2, 0.25) is 0 Å². The Bertz CT molecular complexity index is 535. The molecule has 0 bridgehead atoms. The third kappa shape index (κ3) is 4.94. The molecule has 0 aliphatic heterocycles. The van der Waals surface area contributed by atoms with Gasteiger partial charge in [-0.25, -0.2) is 0 Å². The van der Waals surface area contributed by atoms with Crippen LogP contribution in [0.25, 0.3) is 10.8 Å². The van der Waals surface area contributed by atoms with Crippen LogP contribution in [0, 0.1) is 11.8 Å². The van der Waals surface area contributed by atoms with E-state index < -0.39 is 0 Å². The van der Waals surface area contributed by atoms with Gasteiger partial charge in [0.25, 0.3) is 0 Å². The maximum Gasteiger partial charge on any atom is 0.161 e. The first-order valence-electron chi connectivity index (χ1n) is 8.34. The van der Waals surface area contributed by atoms with E-state index in [1.54, 1.807) is 0 Å². The maximum atomic E-state index is 5.99. The lowest BCUT2D eigenvalue weighted by Gasteiger charge is -2.15. The summed E-state index contributed by atoms with van der Waals surface area (Å²) in [6.07, 6.45) is 2.11. The second kappa shape index (κ2) is 8.07. The molecular formula is C20H28O2. The molecule has 22 heavy (non-hydrogen) atoms. The SMILES string of the molecule is CC(C)CCOc1cc2ccccc2cc1OCCC(C)C. The highest BCUT2D eigenvalue weighted by molar-refractivity contribution is 5.86. The summed E-state index contributed by atoms with van der Waals surface area (Å²) in [7, 11) is 0. The lowest BCUT2D eigenvalue weighted by Crippen LogP contribution is -2.05. The molecule has 0 saturated heterocycles. The molecule has 120 valence electrons. The van der Waals surface area contributed by atoms with Crippen LogP contribution in [0.5, 0.6) is 11.5 Å². The Labute approximate surface area is 134 Å². The van der Waals surface area contributed by atoms with Crippen molar-refractivity contribution < 1.29 is 9.47 Å². The van der Waals surface area contributed by atoms with E-state index in [1.807, 2.05) is 0 Å². The Hall–Kier alpha value is -1.70. The molecule has 2 nitrogen and oxygen atoms in total. The van der Waals surface area contributed by atoms with Gasteiger partial charge in [-0.05, 0) is 47.6 Å². The quantitative estimate of drug-likeness (QED) is 0.623. The first-order chi connectivity index (χ1) is 10.6. The minimum Gasteiger partial charge on any atom is -0.490 e. The van der Waals surface area contributed by atoms with Gasteiger partial charge >= 0.3 is 0 Å². The topological polar surface area (TPSA) is 18.5 Å². The smallest absolute Gasteiger partial charge is 0.161 e. The van der Waals surface area contributed by atoms with Crippen LogP contribution in [0.3, 0.4) is 0 Å². The number of hydrogen-bond acceptors (Lipinski definition) is 2. The van der Waals surface area contributed by atoms with E-state index in [9.17, 15) is 0 Å². The summed E-state index contributed by atoms with van der Waals surface area (Å²) in [5.41, 5.74) is 0. The first kappa shape index (κ1) is 16.7. The van der Waals surface area contributed by atoms with E-state index in [0.717, 1.165) is 37.6 Å². The minimum atomic E-state index is 0.644. The molecular weight excluding hydrogens is 272 g/mol. The number of benzene rings is 2. The van der Waals surface area contributed by atoms with Gasteiger partial charge in [-0.1, -0.05) is 52.0 Å². The standard InChI is InChI=1S/C20H28O2/c1-15(2)9-11-21-19-13-17-7-5-6-8-18(17)14-20(19)22-12-10-16(3)4/h5-8,13-16H,9-12H2,1-4H3. The van der Waals surface area contributed by atoms with Gasteiger partial charge in [-0.3, -0.25) is 0 Å². The number of fused-ring (bicyclic) bond motifs is 1. The molecule has 0 aromatic heterocycles. The molecule has 0 aliphatic rings. The number of hydrogen-bond donors (Lipinski definition) is 0. The van der Waals surface area contributed by atoms with Crippen molar-refractivity contribution >= 4 is 10.8 Å². The van der Waals surface area contributed by atoms with Gasteiger partial charge in [-0.2, -0.15) is 0 Å². The van der Waals surface area contributed by atoms with E-state index in [0.29, 0.717) is 11.8 Å². The van der Waals surface area contributed by atoms with E-state index in [1.165, 1.54) is 10.8 Å². The number of ether oxygens (including phenoxy) is 2. The molecule has 0 radical (unpaired) electrons. The molecule has 2 heteroatoms. The minimum absolute atomic E-state index is 0.644. The van der Waals surface area contributed by atoms with Crippen molar-refractivity contribution in [2.75, 3.05) is 13.2 Å². The van der Waals surface area contributed by atoms with Crippen LogP contribution in [0.2, 0.25) is 0 Å². The molecule has 0 heterocycles. The Morgan fingerprint density at radius 2 is 1.14 bits per heavy atom. The van der Waals surface area contributed by atoms with Crippen molar-refractivity contribution in [1.82, 2.24) is 0 Å². The molecule has 2 aromatic rings. The van der Waals surface area contributed by atoms with Crippen molar-refractivity contribution in [3.05, 3.63) is 36.4 Å². The van der Waals surface area contributed by atoms with Crippen LogP contribution < -0.4 is 9.47 Å². The van der Waals surface area contributed by atoms with Gasteiger partial charge in [0.05, 0.1) is 13.2 Å². The highest BCUT2D eigenvalue weighted by atomic mass is 16.5. The zero-order valence-corrected chi connectivity index (χ0v) is 14.3. The van der Waals surface area contributed by atoms with Gasteiger partial charge in [0, 0.05) is 0 Å². The lowest BCUT2D eigenvalue weighted by atomic mass is 10.1. The summed E-state index contributed by atoms with van der Waals surface area (Å²) in [4.78, 5) is 0. The molecule has 0 saturated carbocycles. The number of rotatable bonds is 8. The van der Waals surface area contributed by atoms with Crippen LogP contribution >= 0.6 is 0 Å². The van der Waals surface area contributed by atoms with Crippen molar-refractivity contribution in [3.63, 3.8) is 0 Å². The third-order valence-electron chi connectivity index (χ3n) is 3.72. The van der Waals surface area contributed by atoms with Crippen molar-refractivity contribution in [3.8, 4) is 11.5 Å². The van der Waals surface area contributed by atoms with Gasteiger partial charge in [0.15, 0.2) is 11.5 Å². The predicted molar refractivity (Wildman–Crippen MR) is 93.8 cm³/mol. The molecule has 0 N–H and O–H groups in total. The molecule has 2 rings (SSSR count). The van der Waals surface area contributed by atoms with Gasteiger partial charge in [-0.15, -0.1) is 0 Å². The fourth-order valence-corrected chi connectivity index (χ4v) is 2.23. The van der Waals surface area contributed by atoms with Gasteiger partial charge < -0.3 is 9.47 Å². The second-order valence-electron chi connectivity index (χ2n) is 6.71. The van der Waals surface area contributed by atoms with Crippen molar-refractivity contribution in [2.45, 2.75) is 40.5 Å². The first-order valence-corrected chi connectivity index (χ1v) is 8.34. The summed E-state index contributed by atoms with van der Waals surface area (Å²) in [6.45, 7) is 10.3. The molecule has 2 aromatic carbocycles. The Kier molecular flexibility index (Phi) is 6.11. The van der Waals surface area contributed by atoms with E-state index in [4.69, 9.17) is 9.47 Å². The Balaban J connectivity index is 2.16. The van der Waals surface area contributed by atoms with Crippen LogP contribution in [-0.2, 0) is 0 Å². The average Bonchev–Trinajstić information content (AvgIpc) is 2.46. The third-order valence-corrected chi connectivity index (χ3v) is 3.72.